The van der Waals surface area contributed by atoms with Crippen molar-refractivity contribution >= 4 is 46.3 Å². The van der Waals surface area contributed by atoms with Crippen molar-refractivity contribution in [2.75, 3.05) is 26.0 Å². The second-order valence-electron chi connectivity index (χ2n) is 5.73. The Kier molecular flexibility index (Phi) is 6.86. The fraction of sp³-hybridized carbons (Fsp3) is 0.235. The third-order valence-corrected chi connectivity index (χ3v) is 4.76. The zero-order valence-electron chi connectivity index (χ0n) is 15.3. The highest BCUT2D eigenvalue weighted by Crippen LogP contribution is 2.19. The number of carbonyl (C=O) groups is 2. The summed E-state index contributed by atoms with van der Waals surface area (Å²) < 4.78 is 6.29. The number of nitrogens with one attached hydrogen (secondary N) is 3. The molecule has 3 aromatic rings. The first-order chi connectivity index (χ1) is 14.0. The van der Waals surface area contributed by atoms with Crippen LogP contribution in [0.25, 0.3) is 16.7 Å². The molecule has 0 spiro atoms. The molecule has 0 aliphatic heterocycles. The summed E-state index contributed by atoms with van der Waals surface area (Å²) in [6.45, 7) is 0.615. The van der Waals surface area contributed by atoms with Crippen molar-refractivity contribution in [1.29, 1.82) is 0 Å². The van der Waals surface area contributed by atoms with Crippen LogP contribution in [0.1, 0.15) is 0 Å². The van der Waals surface area contributed by atoms with Gasteiger partial charge in [0.1, 0.15) is 5.39 Å². The highest BCUT2D eigenvalue weighted by Gasteiger charge is 2.14. The molecule has 29 heavy (non-hydrogen) atoms. The van der Waals surface area contributed by atoms with Crippen molar-refractivity contribution in [1.82, 2.24) is 30.4 Å². The van der Waals surface area contributed by atoms with Crippen LogP contribution >= 0.6 is 23.4 Å². The number of halogens is 1. The number of imide groups is 1. The number of urea groups is 1. The molecule has 0 unspecified atom stereocenters. The van der Waals surface area contributed by atoms with Gasteiger partial charge >= 0.3 is 6.03 Å². The molecular formula is C17H17ClN6O4S. The highest BCUT2D eigenvalue weighted by atomic mass is 35.5. The number of nitrogens with zero attached hydrogens (tertiary/aromatic N) is 3. The van der Waals surface area contributed by atoms with Crippen molar-refractivity contribution in [2.45, 2.75) is 5.16 Å². The van der Waals surface area contributed by atoms with Gasteiger partial charge in [0, 0.05) is 18.7 Å². The van der Waals surface area contributed by atoms with E-state index in [9.17, 15) is 14.4 Å². The van der Waals surface area contributed by atoms with E-state index >= 15 is 0 Å². The maximum atomic E-state index is 12.3. The first kappa shape index (κ1) is 20.8. The fourth-order valence-electron chi connectivity index (χ4n) is 2.37. The van der Waals surface area contributed by atoms with Gasteiger partial charge in [-0.25, -0.2) is 14.5 Å². The molecule has 3 amide bonds. The molecule has 12 heteroatoms. The van der Waals surface area contributed by atoms with Gasteiger partial charge in [0.15, 0.2) is 10.8 Å². The van der Waals surface area contributed by atoms with E-state index in [1.807, 2.05) is 0 Å². The molecule has 0 atom stereocenters. The second-order valence-corrected chi connectivity index (χ2v) is 7.13. The third-order valence-electron chi connectivity index (χ3n) is 3.65. The lowest BCUT2D eigenvalue weighted by Gasteiger charge is -2.06. The number of amides is 3. The summed E-state index contributed by atoms with van der Waals surface area (Å²) in [5.74, 6) is -0.645. The number of H-pyrrole nitrogens is 1. The Balaban J connectivity index is 1.72. The number of ether oxygens (including phenoxy) is 1. The van der Waals surface area contributed by atoms with Gasteiger partial charge in [-0.1, -0.05) is 29.4 Å². The predicted octanol–water partition coefficient (Wildman–Crippen LogP) is 1.33. The topological polar surface area (TPSA) is 131 Å². The van der Waals surface area contributed by atoms with E-state index < -0.39 is 11.9 Å². The van der Waals surface area contributed by atoms with Gasteiger partial charge in [-0.3, -0.25) is 14.9 Å². The van der Waals surface area contributed by atoms with Crippen molar-refractivity contribution in [3.8, 4) is 5.69 Å². The quantitative estimate of drug-likeness (QED) is 0.289. The number of thioether (sulfide) groups is 1. The van der Waals surface area contributed by atoms with E-state index in [0.717, 1.165) is 11.8 Å². The summed E-state index contributed by atoms with van der Waals surface area (Å²) in [5.41, 5.74) is 0.590. The minimum Gasteiger partial charge on any atom is -0.383 e. The first-order valence-electron chi connectivity index (χ1n) is 8.41. The molecule has 3 N–H and O–H groups in total. The van der Waals surface area contributed by atoms with E-state index in [1.165, 1.54) is 18.0 Å². The monoisotopic (exact) mass is 436 g/mol. The standard InChI is InChI=1S/C17H17ClN6O4S/c1-28-6-5-19-16(27)21-13(25)9-29-17-22-14-12(15(26)23-17)8-20-24(14)11-4-2-3-10(18)7-11/h2-4,7-8H,5-6,9H2,1H3,(H,22,23,26)(H2,19,21,25,27). The Hall–Kier alpha value is -2.89. The van der Waals surface area contributed by atoms with Crippen LogP contribution in [0.2, 0.25) is 5.02 Å². The molecule has 0 aliphatic rings. The van der Waals surface area contributed by atoms with Crippen LogP contribution in [0.15, 0.2) is 40.4 Å². The average Bonchev–Trinajstić information content (AvgIpc) is 3.11. The smallest absolute Gasteiger partial charge is 0.321 e. The van der Waals surface area contributed by atoms with Gasteiger partial charge in [0.05, 0.1) is 24.2 Å². The Bertz CT molecular complexity index is 1100. The van der Waals surface area contributed by atoms with Gasteiger partial charge in [-0.05, 0) is 18.2 Å². The van der Waals surface area contributed by atoms with E-state index in [2.05, 4.69) is 25.7 Å². The molecule has 0 fully saturated rings. The van der Waals surface area contributed by atoms with Crippen LogP contribution in [0.3, 0.4) is 0 Å². The van der Waals surface area contributed by atoms with Gasteiger partial charge in [0.2, 0.25) is 5.91 Å². The molecule has 1 aromatic carbocycles. The Labute approximate surface area is 174 Å². The van der Waals surface area contributed by atoms with Gasteiger partial charge in [-0.2, -0.15) is 5.10 Å². The van der Waals surface area contributed by atoms with Crippen LogP contribution < -0.4 is 16.2 Å². The number of aromatic amines is 1. The van der Waals surface area contributed by atoms with Crippen LogP contribution in [0.4, 0.5) is 4.79 Å². The molecule has 0 saturated heterocycles. The number of benzene rings is 1. The Morgan fingerprint density at radius 3 is 2.97 bits per heavy atom. The number of aromatic nitrogens is 4. The average molecular weight is 437 g/mol. The van der Waals surface area contributed by atoms with Crippen LogP contribution in [0, 0.1) is 0 Å². The number of fused-ring (bicyclic) bond motifs is 1. The minimum atomic E-state index is -0.622. The largest absolute Gasteiger partial charge is 0.383 e. The van der Waals surface area contributed by atoms with E-state index in [-0.39, 0.29) is 23.0 Å². The number of rotatable bonds is 7. The van der Waals surface area contributed by atoms with Gasteiger partial charge in [0.25, 0.3) is 5.56 Å². The molecule has 152 valence electrons. The summed E-state index contributed by atoms with van der Waals surface area (Å²) in [6.07, 6.45) is 1.41. The summed E-state index contributed by atoms with van der Waals surface area (Å²) in [4.78, 5) is 42.8. The van der Waals surface area contributed by atoms with E-state index in [0.29, 0.717) is 28.4 Å². The maximum absolute atomic E-state index is 12.3. The predicted molar refractivity (Wildman–Crippen MR) is 109 cm³/mol. The lowest BCUT2D eigenvalue weighted by molar-refractivity contribution is -0.117. The normalized spacial score (nSPS) is 10.8. The van der Waals surface area contributed by atoms with Gasteiger partial charge in [-0.15, -0.1) is 0 Å². The van der Waals surface area contributed by atoms with Crippen LogP contribution in [-0.2, 0) is 9.53 Å². The van der Waals surface area contributed by atoms with Crippen molar-refractivity contribution < 1.29 is 14.3 Å². The third kappa shape index (κ3) is 5.34. The lowest BCUT2D eigenvalue weighted by atomic mass is 10.3. The fourth-order valence-corrected chi connectivity index (χ4v) is 3.21. The van der Waals surface area contributed by atoms with Crippen molar-refractivity contribution in [2.24, 2.45) is 0 Å². The minimum absolute atomic E-state index is 0.114. The van der Waals surface area contributed by atoms with E-state index in [4.69, 9.17) is 16.3 Å². The molecule has 0 saturated carbocycles. The zero-order valence-corrected chi connectivity index (χ0v) is 16.8. The SMILES string of the molecule is COCCNC(=O)NC(=O)CSc1nc2c(cnn2-c2cccc(Cl)c2)c(=O)[nH]1. The number of carbonyl (C=O) groups excluding carboxylic acids is 2. The maximum Gasteiger partial charge on any atom is 0.321 e. The highest BCUT2D eigenvalue weighted by molar-refractivity contribution is 7.99. The molecule has 0 bridgehead atoms. The zero-order chi connectivity index (χ0) is 20.8. The van der Waals surface area contributed by atoms with Gasteiger partial charge < -0.3 is 15.0 Å². The Morgan fingerprint density at radius 2 is 2.21 bits per heavy atom. The number of hydrogen-bond donors (Lipinski definition) is 3. The van der Waals surface area contributed by atoms with Crippen molar-refractivity contribution in [3.63, 3.8) is 0 Å². The molecule has 0 radical (unpaired) electrons. The van der Waals surface area contributed by atoms with E-state index in [1.54, 1.807) is 24.3 Å². The second kappa shape index (κ2) is 9.54. The Morgan fingerprint density at radius 1 is 1.38 bits per heavy atom. The number of methoxy groups -OCH3 is 1. The van der Waals surface area contributed by atoms with Crippen molar-refractivity contribution in [3.05, 3.63) is 45.8 Å². The summed E-state index contributed by atoms with van der Waals surface area (Å²) in [7, 11) is 1.50. The molecule has 2 aromatic heterocycles. The molecule has 3 rings (SSSR count). The first-order valence-corrected chi connectivity index (χ1v) is 9.77. The molecule has 0 aliphatic carbocycles. The number of hydrogen-bond acceptors (Lipinski definition) is 7. The van der Waals surface area contributed by atoms with Crippen LogP contribution in [-0.4, -0.2) is 57.7 Å². The molecule has 2 heterocycles. The van der Waals surface area contributed by atoms with Crippen LogP contribution in [0.5, 0.6) is 0 Å². The summed E-state index contributed by atoms with van der Waals surface area (Å²) in [5, 5.41) is 9.90. The summed E-state index contributed by atoms with van der Waals surface area (Å²) >= 11 is 7.01. The summed E-state index contributed by atoms with van der Waals surface area (Å²) in [6, 6.07) is 6.34. The lowest BCUT2D eigenvalue weighted by Crippen LogP contribution is -2.41. The molecule has 10 nitrogen and oxygen atoms in total. The molecular weight excluding hydrogens is 420 g/mol.